The third-order valence-electron chi connectivity index (χ3n) is 4.59. The monoisotopic (exact) mass is 402 g/mol. The van der Waals surface area contributed by atoms with Crippen LogP contribution in [0.15, 0.2) is 48.5 Å². The normalized spacial score (nSPS) is 15.0. The van der Waals surface area contributed by atoms with E-state index in [4.69, 9.17) is 16.3 Å². The summed E-state index contributed by atoms with van der Waals surface area (Å²) < 4.78 is 5.49. The van der Waals surface area contributed by atoms with Crippen molar-refractivity contribution in [2.75, 3.05) is 13.1 Å². The number of esters is 1. The highest BCUT2D eigenvalue weighted by Crippen LogP contribution is 2.28. The summed E-state index contributed by atoms with van der Waals surface area (Å²) in [6.07, 6.45) is 1.65. The fourth-order valence-corrected chi connectivity index (χ4v) is 3.34. The van der Waals surface area contributed by atoms with E-state index < -0.39 is 22.7 Å². The maximum absolute atomic E-state index is 13.0. The van der Waals surface area contributed by atoms with Crippen molar-refractivity contribution in [1.29, 1.82) is 0 Å². The van der Waals surface area contributed by atoms with Crippen molar-refractivity contribution in [1.82, 2.24) is 4.90 Å². The molecule has 8 heteroatoms. The predicted molar refractivity (Wildman–Crippen MR) is 103 cm³/mol. The minimum Gasteiger partial charge on any atom is -0.443 e. The number of nitrogens with zero attached hydrogens (tertiary/aromatic N) is 2. The first-order chi connectivity index (χ1) is 13.5. The van der Waals surface area contributed by atoms with Gasteiger partial charge >= 0.3 is 5.97 Å². The molecule has 0 bridgehead atoms. The number of piperidine rings is 1. The van der Waals surface area contributed by atoms with Gasteiger partial charge in [0.15, 0.2) is 0 Å². The lowest BCUT2D eigenvalue weighted by molar-refractivity contribution is -0.385. The molecule has 0 unspecified atom stereocenters. The van der Waals surface area contributed by atoms with Crippen molar-refractivity contribution in [3.63, 3.8) is 0 Å². The second-order valence-corrected chi connectivity index (χ2v) is 6.94. The van der Waals surface area contributed by atoms with Crippen LogP contribution in [0, 0.1) is 10.1 Å². The highest BCUT2D eigenvalue weighted by atomic mass is 35.5. The van der Waals surface area contributed by atoms with Crippen LogP contribution >= 0.6 is 11.6 Å². The summed E-state index contributed by atoms with van der Waals surface area (Å²) in [7, 11) is 0. The average molecular weight is 403 g/mol. The van der Waals surface area contributed by atoms with Crippen molar-refractivity contribution < 1.29 is 19.2 Å². The van der Waals surface area contributed by atoms with Gasteiger partial charge in [0, 0.05) is 29.7 Å². The molecule has 0 aliphatic carbocycles. The molecule has 7 nitrogen and oxygen atoms in total. The number of carbonyl (C=O) groups is 2. The topological polar surface area (TPSA) is 89.8 Å². The number of ether oxygens (including phenoxy) is 1. The molecule has 2 aromatic carbocycles. The van der Waals surface area contributed by atoms with E-state index in [1.807, 2.05) is 0 Å². The van der Waals surface area contributed by atoms with Crippen LogP contribution in [-0.2, 0) is 9.53 Å². The molecule has 28 heavy (non-hydrogen) atoms. The van der Waals surface area contributed by atoms with Gasteiger partial charge in [-0.25, -0.2) is 4.79 Å². The number of nitro groups is 1. The largest absolute Gasteiger partial charge is 0.443 e. The highest BCUT2D eigenvalue weighted by Gasteiger charge is 2.32. The van der Waals surface area contributed by atoms with Crippen LogP contribution in [-0.4, -0.2) is 34.8 Å². The zero-order valence-electron chi connectivity index (χ0n) is 15.0. The first-order valence-corrected chi connectivity index (χ1v) is 9.34. The minimum absolute atomic E-state index is 0.163. The van der Waals surface area contributed by atoms with Crippen LogP contribution in [0.25, 0.3) is 0 Å². The lowest BCUT2D eigenvalue weighted by atomic mass is 10.1. The smallest absolute Gasteiger partial charge is 0.346 e. The summed E-state index contributed by atoms with van der Waals surface area (Å²) in [5.74, 6) is -1.29. The van der Waals surface area contributed by atoms with Gasteiger partial charge in [0.2, 0.25) is 6.10 Å². The lowest BCUT2D eigenvalue weighted by Gasteiger charge is -2.30. The van der Waals surface area contributed by atoms with E-state index >= 15 is 0 Å². The third kappa shape index (κ3) is 4.48. The second-order valence-electron chi connectivity index (χ2n) is 6.50. The number of halogens is 1. The Morgan fingerprint density at radius 3 is 2.39 bits per heavy atom. The molecule has 1 heterocycles. The predicted octanol–water partition coefficient (Wildman–Crippen LogP) is 4.16. The summed E-state index contributed by atoms with van der Waals surface area (Å²) in [5, 5.41) is 11.4. The standard InChI is InChI=1S/C20H19ClN2O5/c21-15-9-10-17(23(26)27)16(13-15)20(25)28-18(14-7-3-1-4-8-14)19(24)22-11-5-2-6-12-22/h1,3-4,7-10,13,18H,2,5-6,11-12H2/t18-/m0/s1. The Labute approximate surface area is 167 Å². The van der Waals surface area contributed by atoms with Crippen LogP contribution < -0.4 is 0 Å². The Hall–Kier alpha value is -2.93. The van der Waals surface area contributed by atoms with Crippen molar-refractivity contribution in [2.45, 2.75) is 25.4 Å². The summed E-state index contributed by atoms with van der Waals surface area (Å²) in [5.41, 5.74) is -0.201. The molecule has 1 aliphatic heterocycles. The Morgan fingerprint density at radius 1 is 1.07 bits per heavy atom. The number of carbonyl (C=O) groups excluding carboxylic acids is 2. The number of nitro benzene ring substituents is 1. The molecule has 146 valence electrons. The molecule has 2 aromatic rings. The van der Waals surface area contributed by atoms with Crippen LogP contribution in [0.3, 0.4) is 0 Å². The molecule has 0 radical (unpaired) electrons. The first-order valence-electron chi connectivity index (χ1n) is 8.96. The van der Waals surface area contributed by atoms with Crippen LogP contribution in [0.5, 0.6) is 0 Å². The van der Waals surface area contributed by atoms with Gasteiger partial charge in [-0.1, -0.05) is 41.9 Å². The Morgan fingerprint density at radius 2 is 1.75 bits per heavy atom. The number of rotatable bonds is 5. The Balaban J connectivity index is 1.91. The maximum Gasteiger partial charge on any atom is 0.346 e. The average Bonchev–Trinajstić information content (AvgIpc) is 2.72. The second kappa shape index (κ2) is 8.84. The van der Waals surface area contributed by atoms with E-state index in [9.17, 15) is 19.7 Å². The third-order valence-corrected chi connectivity index (χ3v) is 4.83. The number of hydrogen-bond donors (Lipinski definition) is 0. The van der Waals surface area contributed by atoms with E-state index in [0.29, 0.717) is 18.7 Å². The molecule has 0 N–H and O–H groups in total. The van der Waals surface area contributed by atoms with Gasteiger partial charge in [0.25, 0.3) is 11.6 Å². The lowest BCUT2D eigenvalue weighted by Crippen LogP contribution is -2.40. The fraction of sp³-hybridized carbons (Fsp3) is 0.300. The van der Waals surface area contributed by atoms with Crippen molar-refractivity contribution in [3.05, 3.63) is 74.8 Å². The quantitative estimate of drug-likeness (QED) is 0.425. The van der Waals surface area contributed by atoms with E-state index in [0.717, 1.165) is 25.3 Å². The summed E-state index contributed by atoms with van der Waals surface area (Å²) >= 11 is 5.90. The number of likely N-dealkylation sites (tertiary alicyclic amines) is 1. The minimum atomic E-state index is -1.18. The van der Waals surface area contributed by atoms with Crippen LogP contribution in [0.4, 0.5) is 5.69 Å². The van der Waals surface area contributed by atoms with Crippen molar-refractivity contribution >= 4 is 29.2 Å². The van der Waals surface area contributed by atoms with Gasteiger partial charge < -0.3 is 9.64 Å². The molecule has 1 atom stereocenters. The van der Waals surface area contributed by atoms with Crippen molar-refractivity contribution in [2.24, 2.45) is 0 Å². The number of benzene rings is 2. The molecule has 3 rings (SSSR count). The van der Waals surface area contributed by atoms with Gasteiger partial charge in [-0.3, -0.25) is 14.9 Å². The summed E-state index contributed by atoms with van der Waals surface area (Å²) in [6, 6.07) is 12.3. The fourth-order valence-electron chi connectivity index (χ4n) is 3.17. The summed E-state index contributed by atoms with van der Waals surface area (Å²) in [4.78, 5) is 38.0. The van der Waals surface area contributed by atoms with Crippen molar-refractivity contribution in [3.8, 4) is 0 Å². The Kier molecular flexibility index (Phi) is 6.26. The van der Waals surface area contributed by atoms with E-state index in [1.165, 1.54) is 12.1 Å². The van der Waals surface area contributed by atoms with Crippen LogP contribution in [0.2, 0.25) is 5.02 Å². The number of hydrogen-bond acceptors (Lipinski definition) is 5. The molecule has 1 amide bonds. The van der Waals surface area contributed by atoms with Crippen LogP contribution in [0.1, 0.15) is 41.3 Å². The SMILES string of the molecule is O=C(O[C@H](C(=O)N1CCCCC1)c1ccccc1)c1cc(Cl)ccc1[N+](=O)[O-]. The van der Waals surface area contributed by atoms with Gasteiger partial charge in [-0.2, -0.15) is 0 Å². The molecule has 1 aliphatic rings. The highest BCUT2D eigenvalue weighted by molar-refractivity contribution is 6.31. The van der Waals surface area contributed by atoms with Gasteiger partial charge in [0.05, 0.1) is 4.92 Å². The molecule has 0 aromatic heterocycles. The van der Waals surface area contributed by atoms with Gasteiger partial charge in [-0.05, 0) is 31.4 Å². The molecular formula is C20H19ClN2O5. The molecule has 1 saturated heterocycles. The molecule has 0 spiro atoms. The maximum atomic E-state index is 13.0. The summed E-state index contributed by atoms with van der Waals surface area (Å²) in [6.45, 7) is 1.19. The van der Waals surface area contributed by atoms with Gasteiger partial charge in [0.1, 0.15) is 5.56 Å². The Bertz CT molecular complexity index is 881. The van der Waals surface area contributed by atoms with E-state index in [2.05, 4.69) is 0 Å². The van der Waals surface area contributed by atoms with E-state index in [-0.39, 0.29) is 16.5 Å². The number of amides is 1. The molecule has 1 fully saturated rings. The zero-order valence-corrected chi connectivity index (χ0v) is 15.8. The zero-order chi connectivity index (χ0) is 20.1. The molecule has 0 saturated carbocycles. The first kappa shape index (κ1) is 19.8. The van der Waals surface area contributed by atoms with Gasteiger partial charge in [-0.15, -0.1) is 0 Å². The van der Waals surface area contributed by atoms with E-state index in [1.54, 1.807) is 35.2 Å². The molecular weight excluding hydrogens is 384 g/mol.